The number of nitrogens with zero attached hydrogens (tertiary/aromatic N) is 2. The van der Waals surface area contributed by atoms with E-state index in [1.54, 1.807) is 18.0 Å². The van der Waals surface area contributed by atoms with Crippen molar-refractivity contribution in [2.24, 2.45) is 9.98 Å². The molecule has 0 aliphatic heterocycles. The Kier molecular flexibility index (Phi) is 6.18. The Morgan fingerprint density at radius 2 is 2.40 bits per heavy atom. The van der Waals surface area contributed by atoms with E-state index in [-0.39, 0.29) is 0 Å². The molecule has 0 spiro atoms. The van der Waals surface area contributed by atoms with Gasteiger partial charge < -0.3 is 0 Å². The molecule has 0 rings (SSSR count). The van der Waals surface area contributed by atoms with Crippen molar-refractivity contribution < 1.29 is 0 Å². The van der Waals surface area contributed by atoms with Crippen molar-refractivity contribution >= 4 is 23.6 Å². The number of rotatable bonds is 2. The fourth-order valence-electron chi connectivity index (χ4n) is 0.391. The third kappa shape index (κ3) is 4.32. The van der Waals surface area contributed by atoms with Crippen molar-refractivity contribution in [3.05, 3.63) is 12.3 Å². The molecule has 0 amide bonds. The highest BCUT2D eigenvalue weighted by Gasteiger charge is 1.88. The SMILES string of the molecule is C=NC(=NC=CC)SCC. The quantitative estimate of drug-likeness (QED) is 0.445. The molecule has 0 bridgehead atoms. The molecule has 0 aliphatic rings. The summed E-state index contributed by atoms with van der Waals surface area (Å²) in [6.45, 7) is 7.37. The molecule has 0 saturated heterocycles. The van der Waals surface area contributed by atoms with Gasteiger partial charge in [-0.15, -0.1) is 0 Å². The third-order valence-electron chi connectivity index (χ3n) is 0.743. The lowest BCUT2D eigenvalue weighted by molar-refractivity contribution is 1.50. The van der Waals surface area contributed by atoms with E-state index in [1.165, 1.54) is 0 Å². The van der Waals surface area contributed by atoms with E-state index in [2.05, 4.69) is 23.6 Å². The molecular weight excluding hydrogens is 144 g/mol. The first-order valence-corrected chi connectivity index (χ1v) is 4.12. The minimum atomic E-state index is 0.737. The van der Waals surface area contributed by atoms with Gasteiger partial charge in [0.2, 0.25) is 0 Å². The van der Waals surface area contributed by atoms with E-state index in [4.69, 9.17) is 0 Å². The van der Waals surface area contributed by atoms with Gasteiger partial charge in [-0.05, 0) is 19.4 Å². The fourth-order valence-corrected chi connectivity index (χ4v) is 0.876. The number of amidine groups is 1. The fraction of sp³-hybridized carbons (Fsp3) is 0.429. The molecule has 0 aromatic carbocycles. The zero-order chi connectivity index (χ0) is 7.82. The highest BCUT2D eigenvalue weighted by atomic mass is 32.2. The Bertz CT molecular complexity index is 150. The van der Waals surface area contributed by atoms with Crippen LogP contribution in [0, 0.1) is 0 Å². The molecule has 0 heterocycles. The lowest BCUT2D eigenvalue weighted by Gasteiger charge is -1.91. The largest absolute Gasteiger partial charge is 0.239 e. The maximum atomic E-state index is 4.02. The maximum Gasteiger partial charge on any atom is 0.186 e. The van der Waals surface area contributed by atoms with Crippen LogP contribution in [0.15, 0.2) is 22.3 Å². The van der Waals surface area contributed by atoms with E-state index in [0.29, 0.717) is 0 Å². The minimum Gasteiger partial charge on any atom is -0.239 e. The van der Waals surface area contributed by atoms with Gasteiger partial charge in [-0.2, -0.15) is 0 Å². The molecule has 0 atom stereocenters. The highest BCUT2D eigenvalue weighted by Crippen LogP contribution is 2.03. The average Bonchev–Trinajstić information content (AvgIpc) is 1.98. The summed E-state index contributed by atoms with van der Waals surface area (Å²) in [5.41, 5.74) is 0. The second-order valence-electron chi connectivity index (χ2n) is 1.49. The lowest BCUT2D eigenvalue weighted by Crippen LogP contribution is -1.84. The molecule has 0 unspecified atom stereocenters. The van der Waals surface area contributed by atoms with Gasteiger partial charge in [-0.1, -0.05) is 24.8 Å². The first-order chi connectivity index (χ1) is 4.85. The van der Waals surface area contributed by atoms with Crippen molar-refractivity contribution in [1.82, 2.24) is 0 Å². The molecule has 3 heteroatoms. The Morgan fingerprint density at radius 3 is 2.80 bits per heavy atom. The van der Waals surface area contributed by atoms with Crippen LogP contribution in [0.25, 0.3) is 0 Å². The Morgan fingerprint density at radius 1 is 1.70 bits per heavy atom. The van der Waals surface area contributed by atoms with Gasteiger partial charge in [0.25, 0.3) is 0 Å². The third-order valence-corrected chi connectivity index (χ3v) is 1.52. The zero-order valence-corrected chi connectivity index (χ0v) is 7.19. The molecule has 0 saturated carbocycles. The zero-order valence-electron chi connectivity index (χ0n) is 6.37. The van der Waals surface area contributed by atoms with Crippen molar-refractivity contribution in [2.45, 2.75) is 13.8 Å². The summed E-state index contributed by atoms with van der Waals surface area (Å²) in [6.07, 6.45) is 3.58. The molecule has 0 radical (unpaired) electrons. The van der Waals surface area contributed by atoms with Gasteiger partial charge in [0, 0.05) is 6.20 Å². The van der Waals surface area contributed by atoms with E-state index in [9.17, 15) is 0 Å². The number of hydrogen-bond donors (Lipinski definition) is 0. The van der Waals surface area contributed by atoms with Crippen molar-refractivity contribution in [2.75, 3.05) is 5.75 Å². The number of aliphatic imine (C=N–C) groups is 2. The average molecular weight is 156 g/mol. The van der Waals surface area contributed by atoms with E-state index < -0.39 is 0 Å². The maximum absolute atomic E-state index is 4.02. The summed E-state index contributed by atoms with van der Waals surface area (Å²) in [5, 5.41) is 0.737. The summed E-state index contributed by atoms with van der Waals surface area (Å²) in [5.74, 6) is 0.982. The van der Waals surface area contributed by atoms with Crippen molar-refractivity contribution in [3.8, 4) is 0 Å². The summed E-state index contributed by atoms with van der Waals surface area (Å²) >= 11 is 1.59. The van der Waals surface area contributed by atoms with E-state index in [1.807, 2.05) is 13.0 Å². The van der Waals surface area contributed by atoms with E-state index in [0.717, 1.165) is 10.9 Å². The highest BCUT2D eigenvalue weighted by molar-refractivity contribution is 8.13. The van der Waals surface area contributed by atoms with Crippen molar-refractivity contribution in [1.29, 1.82) is 0 Å². The normalized spacial score (nSPS) is 12.4. The van der Waals surface area contributed by atoms with Gasteiger partial charge in [0.15, 0.2) is 5.17 Å². The van der Waals surface area contributed by atoms with Crippen LogP contribution in [0.1, 0.15) is 13.8 Å². The molecule has 0 aromatic heterocycles. The second-order valence-corrected chi connectivity index (χ2v) is 2.72. The van der Waals surface area contributed by atoms with Gasteiger partial charge >= 0.3 is 0 Å². The molecule has 0 aliphatic carbocycles. The number of allylic oxidation sites excluding steroid dienone is 1. The predicted octanol–water partition coefficient (Wildman–Crippen LogP) is 2.33. The summed E-state index contributed by atoms with van der Waals surface area (Å²) in [4.78, 5) is 7.75. The van der Waals surface area contributed by atoms with E-state index >= 15 is 0 Å². The smallest absolute Gasteiger partial charge is 0.186 e. The number of hydrogen-bond acceptors (Lipinski definition) is 2. The standard InChI is InChI=1S/C7H12N2S/c1-4-6-9-7(8-3)10-5-2/h4,6H,3,5H2,1-2H3. The predicted molar refractivity (Wildman–Crippen MR) is 49.9 cm³/mol. The first kappa shape index (κ1) is 9.43. The molecule has 56 valence electrons. The van der Waals surface area contributed by atoms with Crippen LogP contribution in [-0.4, -0.2) is 17.6 Å². The monoisotopic (exact) mass is 156 g/mol. The van der Waals surface area contributed by atoms with Gasteiger partial charge in [-0.3, -0.25) is 0 Å². The second kappa shape index (κ2) is 6.55. The van der Waals surface area contributed by atoms with Crippen LogP contribution in [0.5, 0.6) is 0 Å². The molecule has 0 fully saturated rings. The minimum absolute atomic E-state index is 0.737. The molecular formula is C7H12N2S. The Balaban J connectivity index is 3.90. The van der Waals surface area contributed by atoms with Gasteiger partial charge in [0.05, 0.1) is 0 Å². The van der Waals surface area contributed by atoms with Crippen LogP contribution >= 0.6 is 11.8 Å². The summed E-state index contributed by atoms with van der Waals surface area (Å²) in [6, 6.07) is 0. The molecule has 10 heavy (non-hydrogen) atoms. The van der Waals surface area contributed by atoms with Crippen LogP contribution < -0.4 is 0 Å². The van der Waals surface area contributed by atoms with Crippen LogP contribution in [0.3, 0.4) is 0 Å². The first-order valence-electron chi connectivity index (χ1n) is 3.13. The van der Waals surface area contributed by atoms with Gasteiger partial charge in [-0.25, -0.2) is 9.98 Å². The molecule has 0 aromatic rings. The molecule has 0 N–H and O–H groups in total. The van der Waals surface area contributed by atoms with Crippen LogP contribution in [0.2, 0.25) is 0 Å². The topological polar surface area (TPSA) is 24.7 Å². The number of thioether (sulfide) groups is 1. The van der Waals surface area contributed by atoms with Crippen LogP contribution in [0.4, 0.5) is 0 Å². The van der Waals surface area contributed by atoms with Gasteiger partial charge in [0.1, 0.15) is 0 Å². The van der Waals surface area contributed by atoms with Crippen LogP contribution in [-0.2, 0) is 0 Å². The lowest BCUT2D eigenvalue weighted by atomic mass is 10.7. The summed E-state index contributed by atoms with van der Waals surface area (Å²) in [7, 11) is 0. The Labute approximate surface area is 66.2 Å². The van der Waals surface area contributed by atoms with Crippen molar-refractivity contribution in [3.63, 3.8) is 0 Å². The molecule has 2 nitrogen and oxygen atoms in total. The summed E-state index contributed by atoms with van der Waals surface area (Å²) < 4.78 is 0. The Hall–Kier alpha value is -0.570.